The Bertz CT molecular complexity index is 649. The second-order valence-electron chi connectivity index (χ2n) is 3.79. The molecule has 0 fully saturated rings. The van der Waals surface area contributed by atoms with Crippen molar-refractivity contribution in [3.8, 4) is 5.69 Å². The molecule has 2 rings (SSSR count). The molecule has 0 unspecified atom stereocenters. The van der Waals surface area contributed by atoms with Gasteiger partial charge in [-0.05, 0) is 24.3 Å². The molecule has 2 aromatic rings. The van der Waals surface area contributed by atoms with Crippen LogP contribution in [0.5, 0.6) is 0 Å². The van der Waals surface area contributed by atoms with Gasteiger partial charge in [0.25, 0.3) is 0 Å². The van der Waals surface area contributed by atoms with Crippen molar-refractivity contribution < 1.29 is 19.1 Å². The number of esters is 2. The normalized spacial score (nSPS) is 10.2. The predicted octanol–water partition coefficient (Wildman–Crippen LogP) is 2.10. The predicted molar refractivity (Wildman–Crippen MR) is 71.3 cm³/mol. The van der Waals surface area contributed by atoms with Crippen molar-refractivity contribution in [2.75, 3.05) is 14.2 Å². The lowest BCUT2D eigenvalue weighted by molar-refractivity contribution is 0.0585. The van der Waals surface area contributed by atoms with Crippen molar-refractivity contribution in [3.05, 3.63) is 46.7 Å². The molecule has 104 valence electrons. The summed E-state index contributed by atoms with van der Waals surface area (Å²) in [4.78, 5) is 23.2. The van der Waals surface area contributed by atoms with Gasteiger partial charge in [-0.15, -0.1) is 0 Å². The third kappa shape index (κ3) is 2.65. The molecule has 0 aliphatic carbocycles. The lowest BCUT2D eigenvalue weighted by Gasteiger charge is -2.05. The summed E-state index contributed by atoms with van der Waals surface area (Å²) in [7, 11) is 2.49. The van der Waals surface area contributed by atoms with E-state index < -0.39 is 11.9 Å². The standard InChI is InChI=1S/C13H11ClN2O4/c1-19-12(17)10-7-11(13(18)20-2)16(15-10)9-5-3-8(14)4-6-9/h3-7H,1-2H3. The number of nitrogens with zero attached hydrogens (tertiary/aromatic N) is 2. The Balaban J connectivity index is 2.54. The average Bonchev–Trinajstić information content (AvgIpc) is 2.91. The van der Waals surface area contributed by atoms with Crippen molar-refractivity contribution in [1.82, 2.24) is 9.78 Å². The van der Waals surface area contributed by atoms with Crippen LogP contribution < -0.4 is 0 Å². The molecule has 6 nitrogen and oxygen atoms in total. The molecule has 0 bridgehead atoms. The van der Waals surface area contributed by atoms with E-state index in [-0.39, 0.29) is 11.4 Å². The number of carbonyl (C=O) groups is 2. The highest BCUT2D eigenvalue weighted by molar-refractivity contribution is 6.30. The van der Waals surface area contributed by atoms with Crippen LogP contribution in [-0.4, -0.2) is 35.9 Å². The van der Waals surface area contributed by atoms with Crippen LogP contribution in [0, 0.1) is 0 Å². The number of carbonyl (C=O) groups excluding carboxylic acids is 2. The van der Waals surface area contributed by atoms with Gasteiger partial charge in [0.1, 0.15) is 0 Å². The van der Waals surface area contributed by atoms with E-state index in [1.165, 1.54) is 25.0 Å². The highest BCUT2D eigenvalue weighted by Gasteiger charge is 2.21. The first-order valence-electron chi connectivity index (χ1n) is 5.59. The van der Waals surface area contributed by atoms with Gasteiger partial charge in [-0.3, -0.25) is 0 Å². The maximum absolute atomic E-state index is 11.7. The van der Waals surface area contributed by atoms with E-state index >= 15 is 0 Å². The van der Waals surface area contributed by atoms with Crippen LogP contribution in [0.1, 0.15) is 21.0 Å². The fraction of sp³-hybridized carbons (Fsp3) is 0.154. The van der Waals surface area contributed by atoms with Gasteiger partial charge in [0.05, 0.1) is 19.9 Å². The first kappa shape index (κ1) is 14.1. The maximum atomic E-state index is 11.7. The van der Waals surface area contributed by atoms with Gasteiger partial charge in [0.15, 0.2) is 11.4 Å². The number of ether oxygens (including phenoxy) is 2. The molecule has 1 heterocycles. The number of rotatable bonds is 3. The summed E-state index contributed by atoms with van der Waals surface area (Å²) < 4.78 is 10.6. The molecule has 0 aliphatic rings. The highest BCUT2D eigenvalue weighted by Crippen LogP contribution is 2.17. The fourth-order valence-corrected chi connectivity index (χ4v) is 1.74. The summed E-state index contributed by atoms with van der Waals surface area (Å²) in [6.07, 6.45) is 0. The molecule has 0 radical (unpaired) electrons. The van der Waals surface area contributed by atoms with Crippen LogP contribution in [-0.2, 0) is 9.47 Å². The number of hydrogen-bond donors (Lipinski definition) is 0. The van der Waals surface area contributed by atoms with E-state index in [4.69, 9.17) is 11.6 Å². The van der Waals surface area contributed by atoms with E-state index in [0.717, 1.165) is 0 Å². The van der Waals surface area contributed by atoms with Crippen LogP contribution in [0.15, 0.2) is 30.3 Å². The zero-order chi connectivity index (χ0) is 14.7. The maximum Gasteiger partial charge on any atom is 0.358 e. The number of halogens is 1. The number of benzene rings is 1. The summed E-state index contributed by atoms with van der Waals surface area (Å²) in [6, 6.07) is 7.95. The Morgan fingerprint density at radius 2 is 1.70 bits per heavy atom. The van der Waals surface area contributed by atoms with Crippen LogP contribution in [0.2, 0.25) is 5.02 Å². The number of aromatic nitrogens is 2. The first-order valence-corrected chi connectivity index (χ1v) is 5.97. The van der Waals surface area contributed by atoms with Crippen molar-refractivity contribution in [1.29, 1.82) is 0 Å². The zero-order valence-electron chi connectivity index (χ0n) is 10.8. The van der Waals surface area contributed by atoms with Gasteiger partial charge in [0.2, 0.25) is 0 Å². The minimum atomic E-state index is -0.636. The van der Waals surface area contributed by atoms with E-state index in [2.05, 4.69) is 14.6 Å². The van der Waals surface area contributed by atoms with Crippen molar-refractivity contribution in [2.45, 2.75) is 0 Å². The largest absolute Gasteiger partial charge is 0.464 e. The second kappa shape index (κ2) is 5.75. The molecule has 20 heavy (non-hydrogen) atoms. The molecule has 7 heteroatoms. The molecule has 0 aliphatic heterocycles. The Morgan fingerprint density at radius 1 is 1.10 bits per heavy atom. The number of methoxy groups -OCH3 is 2. The summed E-state index contributed by atoms with van der Waals surface area (Å²) in [6.45, 7) is 0. The van der Waals surface area contributed by atoms with Crippen LogP contribution in [0.3, 0.4) is 0 Å². The zero-order valence-corrected chi connectivity index (χ0v) is 11.5. The number of hydrogen-bond acceptors (Lipinski definition) is 5. The summed E-state index contributed by atoms with van der Waals surface area (Å²) in [5, 5.41) is 4.60. The summed E-state index contributed by atoms with van der Waals surface area (Å²) >= 11 is 5.81. The van der Waals surface area contributed by atoms with Crippen molar-refractivity contribution in [2.24, 2.45) is 0 Å². The molecule has 1 aromatic carbocycles. The van der Waals surface area contributed by atoms with Crippen LogP contribution in [0.4, 0.5) is 0 Å². The fourth-order valence-electron chi connectivity index (χ4n) is 1.61. The third-order valence-electron chi connectivity index (χ3n) is 2.57. The van der Waals surface area contributed by atoms with Crippen molar-refractivity contribution in [3.63, 3.8) is 0 Å². The average molecular weight is 295 g/mol. The molecule has 0 spiro atoms. The molecular formula is C13H11ClN2O4. The molecule has 0 amide bonds. The third-order valence-corrected chi connectivity index (χ3v) is 2.82. The minimum Gasteiger partial charge on any atom is -0.464 e. The lowest BCUT2D eigenvalue weighted by Crippen LogP contribution is -2.10. The van der Waals surface area contributed by atoms with Gasteiger partial charge in [-0.1, -0.05) is 11.6 Å². The van der Waals surface area contributed by atoms with E-state index in [1.54, 1.807) is 24.3 Å². The quantitative estimate of drug-likeness (QED) is 0.811. The highest BCUT2D eigenvalue weighted by atomic mass is 35.5. The van der Waals surface area contributed by atoms with E-state index in [9.17, 15) is 9.59 Å². The summed E-state index contributed by atoms with van der Waals surface area (Å²) in [5.41, 5.74) is 0.711. The lowest BCUT2D eigenvalue weighted by atomic mass is 10.3. The second-order valence-corrected chi connectivity index (χ2v) is 4.22. The Morgan fingerprint density at radius 3 is 2.25 bits per heavy atom. The van der Waals surface area contributed by atoms with Gasteiger partial charge in [0, 0.05) is 11.1 Å². The topological polar surface area (TPSA) is 70.4 Å². The Hall–Kier alpha value is -2.34. The molecule has 0 saturated heterocycles. The SMILES string of the molecule is COC(=O)c1cc(C(=O)OC)n(-c2ccc(Cl)cc2)n1. The first-order chi connectivity index (χ1) is 9.56. The van der Waals surface area contributed by atoms with Gasteiger partial charge >= 0.3 is 11.9 Å². The van der Waals surface area contributed by atoms with Crippen LogP contribution in [0.25, 0.3) is 5.69 Å². The van der Waals surface area contributed by atoms with Crippen molar-refractivity contribution >= 4 is 23.5 Å². The van der Waals surface area contributed by atoms with Gasteiger partial charge < -0.3 is 9.47 Å². The van der Waals surface area contributed by atoms with Crippen LogP contribution >= 0.6 is 11.6 Å². The molecule has 1 aromatic heterocycles. The Kier molecular flexibility index (Phi) is 4.05. The molecule has 0 N–H and O–H groups in total. The smallest absolute Gasteiger partial charge is 0.358 e. The molecule has 0 saturated carbocycles. The molecule has 0 atom stereocenters. The monoisotopic (exact) mass is 294 g/mol. The Labute approximate surface area is 119 Å². The van der Waals surface area contributed by atoms with E-state index in [0.29, 0.717) is 10.7 Å². The summed E-state index contributed by atoms with van der Waals surface area (Å²) in [5.74, 6) is -1.24. The van der Waals surface area contributed by atoms with Gasteiger partial charge in [-0.25, -0.2) is 14.3 Å². The van der Waals surface area contributed by atoms with Gasteiger partial charge in [-0.2, -0.15) is 5.10 Å². The molecular weight excluding hydrogens is 284 g/mol. The van der Waals surface area contributed by atoms with E-state index in [1.807, 2.05) is 0 Å². The minimum absolute atomic E-state index is 0.0165.